The van der Waals surface area contributed by atoms with Crippen LogP contribution < -0.4 is 9.47 Å². The minimum atomic E-state index is -0.775. The van der Waals surface area contributed by atoms with Crippen molar-refractivity contribution >= 4 is 17.7 Å². The van der Waals surface area contributed by atoms with Crippen molar-refractivity contribution in [3.63, 3.8) is 0 Å². The fraction of sp³-hybridized carbons (Fsp3) is 0.417. The molecule has 1 aliphatic rings. The van der Waals surface area contributed by atoms with Crippen molar-refractivity contribution in [3.05, 3.63) is 18.2 Å². The van der Waals surface area contributed by atoms with Gasteiger partial charge in [-0.1, -0.05) is 6.92 Å². The molecule has 5 heteroatoms. The van der Waals surface area contributed by atoms with Gasteiger partial charge < -0.3 is 14.6 Å². The van der Waals surface area contributed by atoms with Gasteiger partial charge >= 0.3 is 5.97 Å². The highest BCUT2D eigenvalue weighted by Gasteiger charge is 2.14. The third kappa shape index (κ3) is 3.30. The van der Waals surface area contributed by atoms with Crippen LogP contribution >= 0.6 is 11.8 Å². The SMILES string of the molecule is CC(CC(=O)O)Sc1ccc2c(c1)OCCO2. The second-order valence-electron chi connectivity index (χ2n) is 3.83. The highest BCUT2D eigenvalue weighted by molar-refractivity contribution is 8.00. The van der Waals surface area contributed by atoms with E-state index in [1.54, 1.807) is 0 Å². The van der Waals surface area contributed by atoms with Crippen LogP contribution in [0.15, 0.2) is 23.1 Å². The van der Waals surface area contributed by atoms with Gasteiger partial charge in [-0.05, 0) is 18.2 Å². The third-order valence-electron chi connectivity index (χ3n) is 2.31. The molecule has 4 nitrogen and oxygen atoms in total. The van der Waals surface area contributed by atoms with E-state index in [9.17, 15) is 4.79 Å². The first-order valence-electron chi connectivity index (χ1n) is 5.43. The van der Waals surface area contributed by atoms with Gasteiger partial charge in [-0.2, -0.15) is 0 Å². The second-order valence-corrected chi connectivity index (χ2v) is 5.34. The maximum atomic E-state index is 10.6. The van der Waals surface area contributed by atoms with Gasteiger partial charge in [0.05, 0.1) is 6.42 Å². The predicted octanol–water partition coefficient (Wildman–Crippen LogP) is 2.41. The van der Waals surface area contributed by atoms with Gasteiger partial charge in [-0.25, -0.2) is 0 Å². The maximum Gasteiger partial charge on any atom is 0.304 e. The van der Waals surface area contributed by atoms with Crippen LogP contribution in [0.1, 0.15) is 13.3 Å². The zero-order chi connectivity index (χ0) is 12.3. The standard InChI is InChI=1S/C12H14O4S/c1-8(6-12(13)14)17-9-2-3-10-11(7-9)16-5-4-15-10/h2-3,7-8H,4-6H2,1H3,(H,13,14). The molecule has 0 saturated carbocycles. The molecule has 2 rings (SSSR count). The molecule has 1 aromatic rings. The van der Waals surface area contributed by atoms with Gasteiger partial charge in [0.2, 0.25) is 0 Å². The topological polar surface area (TPSA) is 55.8 Å². The number of hydrogen-bond acceptors (Lipinski definition) is 4. The Bertz CT molecular complexity index is 419. The molecule has 92 valence electrons. The van der Waals surface area contributed by atoms with E-state index in [2.05, 4.69) is 0 Å². The molecule has 1 aromatic carbocycles. The van der Waals surface area contributed by atoms with Crippen LogP contribution in [0.4, 0.5) is 0 Å². The third-order valence-corrected chi connectivity index (χ3v) is 3.41. The molecule has 0 spiro atoms. The summed E-state index contributed by atoms with van der Waals surface area (Å²) < 4.78 is 10.9. The van der Waals surface area contributed by atoms with Gasteiger partial charge in [0.1, 0.15) is 13.2 Å². The number of fused-ring (bicyclic) bond motifs is 1. The van der Waals surface area contributed by atoms with Crippen molar-refractivity contribution in [3.8, 4) is 11.5 Å². The normalized spacial score (nSPS) is 15.4. The lowest BCUT2D eigenvalue weighted by atomic mass is 10.3. The van der Waals surface area contributed by atoms with E-state index in [1.807, 2.05) is 25.1 Å². The van der Waals surface area contributed by atoms with Crippen LogP contribution in [0.25, 0.3) is 0 Å². The molecule has 0 radical (unpaired) electrons. The van der Waals surface area contributed by atoms with Gasteiger partial charge in [0, 0.05) is 10.1 Å². The summed E-state index contributed by atoms with van der Waals surface area (Å²) in [5.74, 6) is 0.720. The molecule has 0 aliphatic carbocycles. The Hall–Kier alpha value is -1.36. The first kappa shape index (κ1) is 12.1. The van der Waals surface area contributed by atoms with E-state index in [0.29, 0.717) is 13.2 Å². The molecule has 1 unspecified atom stereocenters. The highest BCUT2D eigenvalue weighted by atomic mass is 32.2. The highest BCUT2D eigenvalue weighted by Crippen LogP contribution is 2.35. The second kappa shape index (κ2) is 5.31. The number of hydrogen-bond donors (Lipinski definition) is 1. The minimum absolute atomic E-state index is 0.0371. The van der Waals surface area contributed by atoms with Crippen LogP contribution in [0.3, 0.4) is 0 Å². The van der Waals surface area contributed by atoms with Crippen LogP contribution in [0.5, 0.6) is 11.5 Å². The van der Waals surface area contributed by atoms with E-state index in [4.69, 9.17) is 14.6 Å². The Kier molecular flexibility index (Phi) is 3.78. The summed E-state index contributed by atoms with van der Waals surface area (Å²) in [6, 6.07) is 5.69. The van der Waals surface area contributed by atoms with Crippen molar-refractivity contribution in [2.75, 3.05) is 13.2 Å². The molecule has 0 saturated heterocycles. The first-order chi connectivity index (χ1) is 8.15. The molecule has 1 aliphatic heterocycles. The van der Waals surface area contributed by atoms with E-state index in [-0.39, 0.29) is 11.7 Å². The fourth-order valence-electron chi connectivity index (χ4n) is 1.62. The predicted molar refractivity (Wildman–Crippen MR) is 65.0 cm³/mol. The molecular weight excluding hydrogens is 240 g/mol. The van der Waals surface area contributed by atoms with Crippen molar-refractivity contribution in [2.24, 2.45) is 0 Å². The Balaban J connectivity index is 2.04. The van der Waals surface area contributed by atoms with Crippen LogP contribution in [-0.2, 0) is 4.79 Å². The van der Waals surface area contributed by atoms with Gasteiger partial charge in [0.25, 0.3) is 0 Å². The quantitative estimate of drug-likeness (QED) is 0.836. The van der Waals surface area contributed by atoms with Crippen molar-refractivity contribution in [2.45, 2.75) is 23.5 Å². The molecule has 1 N–H and O–H groups in total. The van der Waals surface area contributed by atoms with Gasteiger partial charge in [-0.3, -0.25) is 4.79 Å². The number of carboxylic acid groups (broad SMARTS) is 1. The van der Waals surface area contributed by atoms with E-state index in [1.165, 1.54) is 11.8 Å². The van der Waals surface area contributed by atoms with E-state index < -0.39 is 5.97 Å². The Morgan fingerprint density at radius 2 is 2.12 bits per heavy atom. The van der Waals surface area contributed by atoms with Crippen LogP contribution in [0, 0.1) is 0 Å². The molecule has 0 fully saturated rings. The Labute approximate surface area is 104 Å². The largest absolute Gasteiger partial charge is 0.486 e. The maximum absolute atomic E-state index is 10.6. The number of rotatable bonds is 4. The first-order valence-corrected chi connectivity index (χ1v) is 6.31. The van der Waals surface area contributed by atoms with E-state index in [0.717, 1.165) is 16.4 Å². The number of ether oxygens (including phenoxy) is 2. The summed E-state index contributed by atoms with van der Waals surface area (Å²) in [6.07, 6.45) is 0.152. The number of carboxylic acids is 1. The molecule has 1 heterocycles. The monoisotopic (exact) mass is 254 g/mol. The summed E-state index contributed by atoms with van der Waals surface area (Å²) in [5, 5.41) is 8.73. The number of carbonyl (C=O) groups is 1. The average molecular weight is 254 g/mol. The number of thioether (sulfide) groups is 1. The molecule has 17 heavy (non-hydrogen) atoms. The van der Waals surface area contributed by atoms with Crippen LogP contribution in [0.2, 0.25) is 0 Å². The molecule has 1 atom stereocenters. The Morgan fingerprint density at radius 1 is 1.41 bits per heavy atom. The molecule has 0 bridgehead atoms. The zero-order valence-electron chi connectivity index (χ0n) is 9.51. The molecule has 0 aromatic heterocycles. The summed E-state index contributed by atoms with van der Waals surface area (Å²) in [6.45, 7) is 3.04. The smallest absolute Gasteiger partial charge is 0.304 e. The summed E-state index contributed by atoms with van der Waals surface area (Å²) in [5.41, 5.74) is 0. The summed E-state index contributed by atoms with van der Waals surface area (Å²) >= 11 is 1.53. The number of aliphatic carboxylic acids is 1. The summed E-state index contributed by atoms with van der Waals surface area (Å²) in [7, 11) is 0. The Morgan fingerprint density at radius 3 is 2.82 bits per heavy atom. The van der Waals surface area contributed by atoms with Crippen molar-refractivity contribution < 1.29 is 19.4 Å². The average Bonchev–Trinajstić information content (AvgIpc) is 2.27. The van der Waals surface area contributed by atoms with Crippen LogP contribution in [-0.4, -0.2) is 29.5 Å². The molecule has 0 amide bonds. The van der Waals surface area contributed by atoms with Crippen molar-refractivity contribution in [1.82, 2.24) is 0 Å². The lowest BCUT2D eigenvalue weighted by Gasteiger charge is -2.19. The van der Waals surface area contributed by atoms with Gasteiger partial charge in [0.15, 0.2) is 11.5 Å². The zero-order valence-corrected chi connectivity index (χ0v) is 10.3. The van der Waals surface area contributed by atoms with Crippen molar-refractivity contribution in [1.29, 1.82) is 0 Å². The minimum Gasteiger partial charge on any atom is -0.486 e. The lowest BCUT2D eigenvalue weighted by molar-refractivity contribution is -0.136. The number of benzene rings is 1. The molecular formula is C12H14O4S. The van der Waals surface area contributed by atoms with Gasteiger partial charge in [-0.15, -0.1) is 11.8 Å². The lowest BCUT2D eigenvalue weighted by Crippen LogP contribution is -2.15. The fourth-order valence-corrected chi connectivity index (χ4v) is 2.63. The van der Waals surface area contributed by atoms with E-state index >= 15 is 0 Å². The summed E-state index contributed by atoms with van der Waals surface area (Å²) in [4.78, 5) is 11.6.